The van der Waals surface area contributed by atoms with Gasteiger partial charge in [0.2, 0.25) is 0 Å². The molecular weight excluding hydrogens is 363 g/mol. The molecule has 1 aliphatic heterocycles. The van der Waals surface area contributed by atoms with Gasteiger partial charge in [0.1, 0.15) is 7.82 Å². The summed E-state index contributed by atoms with van der Waals surface area (Å²) in [7, 11) is -5.19. The molecule has 1 aliphatic carbocycles. The monoisotopic (exact) mass is 385 g/mol. The molecule has 9 heteroatoms. The Bertz CT molecular complexity index is 637. The van der Waals surface area contributed by atoms with E-state index in [0.717, 1.165) is 44.3 Å². The fourth-order valence-corrected chi connectivity index (χ4v) is 4.51. The zero-order valence-electron chi connectivity index (χ0n) is 15.2. The Kier molecular flexibility index (Phi) is 9.51. The van der Waals surface area contributed by atoms with Gasteiger partial charge in [0, 0.05) is 11.6 Å². The first-order chi connectivity index (χ1) is 10.9. The third-order valence-corrected chi connectivity index (χ3v) is 5.39. The SMILES string of the molecule is CCCN1CCC[C@@H]2Cc3c(ccc(O)c3OP(=O)([O-])[O-])C[C@H]21.[Na+].[Na+]. The fourth-order valence-electron chi connectivity index (χ4n) is 4.08. The summed E-state index contributed by atoms with van der Waals surface area (Å²) >= 11 is 0. The molecule has 0 saturated carbocycles. The molecule has 3 rings (SSSR count). The standard InChI is InChI=1S/C16H24NO5P.2Na/c1-2-7-17-8-3-4-12-9-13-11(10-14(12)17)5-6-15(18)16(13)22-23(19,20)21;;/h5-6,12,14,18H,2-4,7-10H2,1H3,(H2,19,20,21);;/q;2*+1/p-2/t12-,14-;;/m1../s1. The van der Waals surface area contributed by atoms with Gasteiger partial charge in [0.25, 0.3) is 0 Å². The maximum atomic E-state index is 11.0. The quantitative estimate of drug-likeness (QED) is 0.413. The van der Waals surface area contributed by atoms with Gasteiger partial charge >= 0.3 is 59.1 Å². The molecule has 2 atom stereocenters. The molecule has 1 aromatic rings. The van der Waals surface area contributed by atoms with Gasteiger partial charge in [0.05, 0.1) is 0 Å². The Labute approximate surface area is 193 Å². The van der Waals surface area contributed by atoms with E-state index in [4.69, 9.17) is 0 Å². The largest absolute Gasteiger partial charge is 1.00 e. The molecule has 0 radical (unpaired) electrons. The molecule has 1 saturated heterocycles. The summed E-state index contributed by atoms with van der Waals surface area (Å²) in [5, 5.41) is 9.93. The summed E-state index contributed by atoms with van der Waals surface area (Å²) in [6, 6.07) is 3.67. The maximum absolute atomic E-state index is 11.0. The van der Waals surface area contributed by atoms with Gasteiger partial charge < -0.3 is 24.0 Å². The smallest absolute Gasteiger partial charge is 0.780 e. The molecule has 1 fully saturated rings. The molecule has 2 aliphatic rings. The Balaban J connectivity index is 0.00000156. The number of phosphoric acid groups is 1. The zero-order valence-corrected chi connectivity index (χ0v) is 20.1. The average Bonchev–Trinajstić information content (AvgIpc) is 2.48. The minimum absolute atomic E-state index is 0. The van der Waals surface area contributed by atoms with E-state index in [-0.39, 0.29) is 70.6 Å². The Morgan fingerprint density at radius 3 is 2.68 bits per heavy atom. The van der Waals surface area contributed by atoms with E-state index in [1.165, 1.54) is 6.07 Å². The summed E-state index contributed by atoms with van der Waals surface area (Å²) in [4.78, 5) is 24.5. The van der Waals surface area contributed by atoms with Crippen LogP contribution in [0.3, 0.4) is 0 Å². The van der Waals surface area contributed by atoms with Crippen molar-refractivity contribution in [1.29, 1.82) is 0 Å². The van der Waals surface area contributed by atoms with Crippen LogP contribution >= 0.6 is 7.82 Å². The van der Waals surface area contributed by atoms with Crippen molar-refractivity contribution in [3.05, 3.63) is 23.3 Å². The van der Waals surface area contributed by atoms with E-state index in [2.05, 4.69) is 16.3 Å². The van der Waals surface area contributed by atoms with Crippen molar-refractivity contribution in [3.8, 4) is 11.5 Å². The van der Waals surface area contributed by atoms with Crippen molar-refractivity contribution in [1.82, 2.24) is 4.90 Å². The van der Waals surface area contributed by atoms with E-state index < -0.39 is 7.82 Å². The zero-order chi connectivity index (χ0) is 16.6. The number of phenolic OH excluding ortho intramolecular Hbond substituents is 1. The van der Waals surface area contributed by atoms with Crippen molar-refractivity contribution in [2.24, 2.45) is 5.92 Å². The molecule has 0 amide bonds. The minimum Gasteiger partial charge on any atom is -0.780 e. The first-order valence-corrected chi connectivity index (χ1v) is 9.64. The van der Waals surface area contributed by atoms with Crippen LogP contribution in [0.15, 0.2) is 12.1 Å². The number of fused-ring (bicyclic) bond motifs is 2. The number of hydrogen-bond acceptors (Lipinski definition) is 6. The van der Waals surface area contributed by atoms with Crippen molar-refractivity contribution in [2.75, 3.05) is 13.1 Å². The van der Waals surface area contributed by atoms with E-state index in [0.29, 0.717) is 23.9 Å². The molecule has 1 heterocycles. The summed E-state index contributed by atoms with van der Waals surface area (Å²) < 4.78 is 15.6. The summed E-state index contributed by atoms with van der Waals surface area (Å²) in [5.41, 5.74) is 1.65. The molecule has 128 valence electrons. The predicted molar refractivity (Wildman–Crippen MR) is 82.1 cm³/mol. The number of hydrogen-bond donors (Lipinski definition) is 1. The van der Waals surface area contributed by atoms with Gasteiger partial charge in [-0.3, -0.25) is 4.90 Å². The number of rotatable bonds is 4. The third-order valence-electron chi connectivity index (χ3n) is 4.98. The first-order valence-electron chi connectivity index (χ1n) is 8.18. The van der Waals surface area contributed by atoms with Gasteiger partial charge in [-0.25, -0.2) is 0 Å². The topological polar surface area (TPSA) is 95.9 Å². The molecule has 0 bridgehead atoms. The number of benzene rings is 1. The Hall–Kier alpha value is 0.930. The van der Waals surface area contributed by atoms with Crippen LogP contribution in [0, 0.1) is 5.92 Å². The number of nitrogens with zero attached hydrogens (tertiary/aromatic N) is 1. The van der Waals surface area contributed by atoms with Gasteiger partial charge in [-0.15, -0.1) is 0 Å². The van der Waals surface area contributed by atoms with Crippen molar-refractivity contribution in [2.45, 2.75) is 45.1 Å². The van der Waals surface area contributed by atoms with Crippen molar-refractivity contribution < 1.29 is 83.1 Å². The van der Waals surface area contributed by atoms with Crippen molar-refractivity contribution >= 4 is 7.82 Å². The molecular formula is C16H22NNa2O5P. The van der Waals surface area contributed by atoms with E-state index in [1.54, 1.807) is 0 Å². The number of piperidine rings is 1. The number of aromatic hydroxyl groups is 1. The molecule has 0 unspecified atom stereocenters. The second kappa shape index (κ2) is 9.92. The predicted octanol–water partition coefficient (Wildman–Crippen LogP) is -4.80. The van der Waals surface area contributed by atoms with Crippen LogP contribution in [0.5, 0.6) is 11.5 Å². The van der Waals surface area contributed by atoms with Crippen LogP contribution in [0.25, 0.3) is 0 Å². The Morgan fingerprint density at radius 2 is 2.04 bits per heavy atom. The molecule has 25 heavy (non-hydrogen) atoms. The van der Waals surface area contributed by atoms with E-state index in [9.17, 15) is 19.5 Å². The number of phenols is 1. The second-order valence-electron chi connectivity index (χ2n) is 6.50. The number of likely N-dealkylation sites (tertiary alicyclic amines) is 1. The molecule has 1 N–H and O–H groups in total. The minimum atomic E-state index is -5.19. The maximum Gasteiger partial charge on any atom is 1.00 e. The van der Waals surface area contributed by atoms with Crippen LogP contribution in [0.2, 0.25) is 0 Å². The van der Waals surface area contributed by atoms with Gasteiger partial charge in [0.15, 0.2) is 11.5 Å². The molecule has 6 nitrogen and oxygen atoms in total. The summed E-state index contributed by atoms with van der Waals surface area (Å²) in [6.45, 7) is 4.33. The van der Waals surface area contributed by atoms with Crippen LogP contribution in [0.1, 0.15) is 37.3 Å². The summed E-state index contributed by atoms with van der Waals surface area (Å²) in [6.07, 6.45) is 4.75. The third kappa shape index (κ3) is 5.71. The van der Waals surface area contributed by atoms with Gasteiger partial charge in [-0.1, -0.05) is 13.0 Å². The summed E-state index contributed by atoms with van der Waals surface area (Å²) in [5.74, 6) is -0.0399. The second-order valence-corrected chi connectivity index (χ2v) is 7.58. The van der Waals surface area contributed by atoms with E-state index in [1.807, 2.05) is 6.07 Å². The van der Waals surface area contributed by atoms with Crippen molar-refractivity contribution in [3.63, 3.8) is 0 Å². The van der Waals surface area contributed by atoms with Crippen LogP contribution in [0.4, 0.5) is 0 Å². The van der Waals surface area contributed by atoms with Gasteiger partial charge in [-0.05, 0) is 62.7 Å². The molecule has 0 aromatic heterocycles. The normalized spacial score (nSPS) is 22.8. The van der Waals surface area contributed by atoms with Gasteiger partial charge in [-0.2, -0.15) is 0 Å². The van der Waals surface area contributed by atoms with Crippen LogP contribution in [-0.4, -0.2) is 29.1 Å². The van der Waals surface area contributed by atoms with Crippen LogP contribution < -0.4 is 73.4 Å². The fraction of sp³-hybridized carbons (Fsp3) is 0.625. The molecule has 1 aromatic carbocycles. The number of phosphoric ester groups is 1. The molecule has 0 spiro atoms. The van der Waals surface area contributed by atoms with E-state index >= 15 is 0 Å². The average molecular weight is 385 g/mol. The Morgan fingerprint density at radius 1 is 1.32 bits per heavy atom. The van der Waals surface area contributed by atoms with Crippen LogP contribution in [-0.2, 0) is 17.4 Å². The first kappa shape index (κ1) is 24.0.